The highest BCUT2D eigenvalue weighted by Gasteiger charge is 2.14. The van der Waals surface area contributed by atoms with Crippen LogP contribution in [0, 0.1) is 0 Å². The van der Waals surface area contributed by atoms with Gasteiger partial charge in [0.25, 0.3) is 0 Å². The molecule has 0 fully saturated rings. The largest absolute Gasteiger partial charge is 0.340 e. The number of benzene rings is 1. The molecule has 1 aromatic carbocycles. The van der Waals surface area contributed by atoms with Gasteiger partial charge in [0.1, 0.15) is 0 Å². The van der Waals surface area contributed by atoms with Crippen LogP contribution in [0.3, 0.4) is 0 Å². The lowest BCUT2D eigenvalue weighted by Crippen LogP contribution is -2.12. The monoisotopic (exact) mass is 243 g/mol. The number of nitrogens with two attached hydrogens (primary N) is 1. The minimum absolute atomic E-state index is 0.154. The van der Waals surface area contributed by atoms with E-state index < -0.39 is 0 Å². The summed E-state index contributed by atoms with van der Waals surface area (Å²) in [5.41, 5.74) is 8.35. The first kappa shape index (κ1) is 10.5. The van der Waals surface area contributed by atoms with E-state index in [-0.39, 0.29) is 6.04 Å². The van der Waals surface area contributed by atoms with E-state index in [9.17, 15) is 0 Å². The van der Waals surface area contributed by atoms with Gasteiger partial charge in [-0.1, -0.05) is 18.2 Å². The number of fused-ring (bicyclic) bond motifs is 1. The van der Waals surface area contributed by atoms with E-state index in [0.717, 1.165) is 11.3 Å². The van der Waals surface area contributed by atoms with Crippen molar-refractivity contribution in [1.82, 2.24) is 9.55 Å². The van der Waals surface area contributed by atoms with Gasteiger partial charge in [-0.25, -0.2) is 4.98 Å². The smallest absolute Gasteiger partial charge is 0.0947 e. The Hall–Kier alpha value is -1.65. The summed E-state index contributed by atoms with van der Waals surface area (Å²) < 4.78 is 3.18. The van der Waals surface area contributed by atoms with E-state index in [1.165, 1.54) is 10.1 Å². The summed E-state index contributed by atoms with van der Waals surface area (Å²) >= 11 is 1.73. The van der Waals surface area contributed by atoms with Crippen LogP contribution in [0.2, 0.25) is 0 Å². The summed E-state index contributed by atoms with van der Waals surface area (Å²) in [5.74, 6) is 0. The molecule has 86 valence electrons. The molecule has 2 N–H and O–H groups in total. The Labute approximate surface area is 104 Å². The van der Waals surface area contributed by atoms with Gasteiger partial charge in [0.2, 0.25) is 0 Å². The fraction of sp³-hybridized carbons (Fsp3) is 0.154. The Morgan fingerprint density at radius 2 is 2.24 bits per heavy atom. The average Bonchev–Trinajstić information content (AvgIpc) is 2.95. The van der Waals surface area contributed by atoms with Crippen molar-refractivity contribution in [3.8, 4) is 0 Å². The van der Waals surface area contributed by atoms with Crippen molar-refractivity contribution in [2.24, 2.45) is 12.8 Å². The summed E-state index contributed by atoms with van der Waals surface area (Å²) in [6, 6.07) is 8.21. The van der Waals surface area contributed by atoms with Crippen molar-refractivity contribution in [3.63, 3.8) is 0 Å². The van der Waals surface area contributed by atoms with Gasteiger partial charge >= 0.3 is 0 Å². The summed E-state index contributed by atoms with van der Waals surface area (Å²) in [6.45, 7) is 0. The molecule has 0 spiro atoms. The fourth-order valence-electron chi connectivity index (χ4n) is 2.01. The van der Waals surface area contributed by atoms with Gasteiger partial charge in [-0.05, 0) is 22.4 Å². The molecule has 0 amide bonds. The first-order chi connectivity index (χ1) is 8.25. The van der Waals surface area contributed by atoms with Gasteiger partial charge in [0, 0.05) is 17.9 Å². The van der Waals surface area contributed by atoms with Gasteiger partial charge < -0.3 is 10.3 Å². The Balaban J connectivity index is 2.12. The molecular formula is C13H13N3S. The van der Waals surface area contributed by atoms with Gasteiger partial charge in [0.05, 0.1) is 18.1 Å². The minimum Gasteiger partial charge on any atom is -0.340 e. The molecule has 1 unspecified atom stereocenters. The first-order valence-corrected chi connectivity index (χ1v) is 6.33. The number of rotatable bonds is 2. The summed E-state index contributed by atoms with van der Waals surface area (Å²) in [4.78, 5) is 4.33. The third kappa shape index (κ3) is 1.75. The standard InChI is InChI=1S/C13H13N3S/c1-16-7-11(15-8-16)12(14)10-4-2-3-9-5-6-17-13(9)10/h2-8,12H,14H2,1H3. The number of aryl methyl sites for hydroxylation is 1. The van der Waals surface area contributed by atoms with Crippen LogP contribution in [0.1, 0.15) is 17.3 Å². The van der Waals surface area contributed by atoms with Crippen LogP contribution in [-0.2, 0) is 7.05 Å². The molecule has 0 saturated heterocycles. The molecule has 0 aliphatic heterocycles. The predicted octanol–water partition coefficient (Wildman–Crippen LogP) is 2.68. The van der Waals surface area contributed by atoms with E-state index in [1.54, 1.807) is 17.7 Å². The summed E-state index contributed by atoms with van der Waals surface area (Å²) in [5, 5.41) is 3.35. The highest BCUT2D eigenvalue weighted by molar-refractivity contribution is 7.17. The van der Waals surface area contributed by atoms with Crippen LogP contribution >= 0.6 is 11.3 Å². The number of imidazole rings is 1. The lowest BCUT2D eigenvalue weighted by atomic mass is 10.0. The van der Waals surface area contributed by atoms with Crippen LogP contribution in [0.15, 0.2) is 42.2 Å². The fourth-order valence-corrected chi connectivity index (χ4v) is 2.97. The lowest BCUT2D eigenvalue weighted by Gasteiger charge is -2.10. The zero-order chi connectivity index (χ0) is 11.8. The molecule has 3 nitrogen and oxygen atoms in total. The molecule has 2 heterocycles. The second-order valence-electron chi connectivity index (χ2n) is 4.13. The van der Waals surface area contributed by atoms with Gasteiger partial charge in [-0.15, -0.1) is 11.3 Å². The second-order valence-corrected chi connectivity index (χ2v) is 5.04. The van der Waals surface area contributed by atoms with Crippen LogP contribution in [0.25, 0.3) is 10.1 Å². The Kier molecular flexibility index (Phi) is 2.46. The van der Waals surface area contributed by atoms with E-state index in [4.69, 9.17) is 5.73 Å². The third-order valence-electron chi connectivity index (χ3n) is 2.89. The van der Waals surface area contributed by atoms with Crippen molar-refractivity contribution in [1.29, 1.82) is 0 Å². The SMILES string of the molecule is Cn1cnc(C(N)c2cccc3ccsc23)c1. The van der Waals surface area contributed by atoms with E-state index >= 15 is 0 Å². The highest BCUT2D eigenvalue weighted by atomic mass is 32.1. The number of aromatic nitrogens is 2. The molecule has 3 aromatic rings. The minimum atomic E-state index is -0.154. The molecule has 1 atom stereocenters. The lowest BCUT2D eigenvalue weighted by molar-refractivity contribution is 0.843. The Bertz CT molecular complexity index is 653. The van der Waals surface area contributed by atoms with E-state index in [1.807, 2.05) is 23.9 Å². The maximum atomic E-state index is 6.29. The summed E-state index contributed by atoms with van der Waals surface area (Å²) in [7, 11) is 1.95. The molecule has 2 aromatic heterocycles. The van der Waals surface area contributed by atoms with Crippen LogP contribution in [0.5, 0.6) is 0 Å². The molecule has 17 heavy (non-hydrogen) atoms. The predicted molar refractivity (Wildman–Crippen MR) is 71.1 cm³/mol. The molecule has 0 saturated carbocycles. The van der Waals surface area contributed by atoms with E-state index in [2.05, 4.69) is 28.6 Å². The van der Waals surface area contributed by atoms with Gasteiger partial charge in [0.15, 0.2) is 0 Å². The van der Waals surface area contributed by atoms with Crippen LogP contribution in [-0.4, -0.2) is 9.55 Å². The van der Waals surface area contributed by atoms with Crippen LogP contribution < -0.4 is 5.73 Å². The maximum Gasteiger partial charge on any atom is 0.0947 e. The Morgan fingerprint density at radius 3 is 3.00 bits per heavy atom. The third-order valence-corrected chi connectivity index (χ3v) is 3.87. The summed E-state index contributed by atoms with van der Waals surface area (Å²) in [6.07, 6.45) is 3.75. The normalized spacial score (nSPS) is 13.1. The van der Waals surface area contributed by atoms with E-state index in [0.29, 0.717) is 0 Å². The number of hydrogen-bond acceptors (Lipinski definition) is 3. The molecule has 0 aliphatic carbocycles. The number of nitrogens with zero attached hydrogens (tertiary/aromatic N) is 2. The molecule has 4 heteroatoms. The highest BCUT2D eigenvalue weighted by Crippen LogP contribution is 2.30. The second kappa shape index (κ2) is 3.98. The number of hydrogen-bond donors (Lipinski definition) is 1. The van der Waals surface area contributed by atoms with Crippen molar-refractivity contribution in [2.75, 3.05) is 0 Å². The first-order valence-electron chi connectivity index (χ1n) is 5.45. The van der Waals surface area contributed by atoms with Crippen LogP contribution in [0.4, 0.5) is 0 Å². The number of thiophene rings is 1. The molecular weight excluding hydrogens is 230 g/mol. The maximum absolute atomic E-state index is 6.29. The quantitative estimate of drug-likeness (QED) is 0.752. The molecule has 3 rings (SSSR count). The average molecular weight is 243 g/mol. The van der Waals surface area contributed by atoms with Crippen molar-refractivity contribution in [3.05, 3.63) is 53.4 Å². The zero-order valence-electron chi connectivity index (χ0n) is 9.50. The Morgan fingerprint density at radius 1 is 1.35 bits per heavy atom. The topological polar surface area (TPSA) is 43.8 Å². The van der Waals surface area contributed by atoms with Gasteiger partial charge in [-0.3, -0.25) is 0 Å². The molecule has 0 aliphatic rings. The zero-order valence-corrected chi connectivity index (χ0v) is 10.3. The van der Waals surface area contributed by atoms with Crippen molar-refractivity contribution in [2.45, 2.75) is 6.04 Å². The molecule has 0 bridgehead atoms. The van der Waals surface area contributed by atoms with Gasteiger partial charge in [-0.2, -0.15) is 0 Å². The molecule has 0 radical (unpaired) electrons. The van der Waals surface area contributed by atoms with Crippen molar-refractivity contribution >= 4 is 21.4 Å². The van der Waals surface area contributed by atoms with Crippen molar-refractivity contribution < 1.29 is 0 Å².